The molecule has 0 saturated carbocycles. The highest BCUT2D eigenvalue weighted by molar-refractivity contribution is 5.88. The summed E-state index contributed by atoms with van der Waals surface area (Å²) in [4.78, 5) is 15.1. The van der Waals surface area contributed by atoms with Crippen LogP contribution in [0.4, 0.5) is 18.9 Å². The SMILES string of the molecule is COc1ccc2c(c1)CCN2[C@@H]1CCN(CC(F)(F)F)C1=O. The zero-order valence-corrected chi connectivity index (χ0v) is 12.2. The number of rotatable bonds is 3. The third-order valence-corrected chi connectivity index (χ3v) is 4.23. The minimum Gasteiger partial charge on any atom is -0.497 e. The van der Waals surface area contributed by atoms with Crippen molar-refractivity contribution in [1.29, 1.82) is 0 Å². The third kappa shape index (κ3) is 2.71. The van der Waals surface area contributed by atoms with Crippen molar-refractivity contribution in [2.75, 3.05) is 31.6 Å². The van der Waals surface area contributed by atoms with Crippen LogP contribution in [0.5, 0.6) is 5.75 Å². The fourth-order valence-corrected chi connectivity index (χ4v) is 3.24. The van der Waals surface area contributed by atoms with Gasteiger partial charge in [0.2, 0.25) is 5.91 Å². The van der Waals surface area contributed by atoms with Crippen LogP contribution < -0.4 is 9.64 Å². The summed E-state index contributed by atoms with van der Waals surface area (Å²) < 4.78 is 42.6. The number of hydrogen-bond acceptors (Lipinski definition) is 3. The molecule has 0 aliphatic carbocycles. The van der Waals surface area contributed by atoms with E-state index >= 15 is 0 Å². The van der Waals surface area contributed by atoms with Crippen LogP contribution >= 0.6 is 0 Å². The second kappa shape index (κ2) is 5.37. The van der Waals surface area contributed by atoms with Crippen LogP contribution in [0.2, 0.25) is 0 Å². The van der Waals surface area contributed by atoms with Gasteiger partial charge in [0.05, 0.1) is 7.11 Å². The Hall–Kier alpha value is -1.92. The number of carbonyl (C=O) groups is 1. The molecule has 2 aliphatic heterocycles. The molecule has 1 atom stereocenters. The van der Waals surface area contributed by atoms with E-state index in [2.05, 4.69) is 0 Å². The number of halogens is 3. The fraction of sp³-hybridized carbons (Fsp3) is 0.533. The number of hydrogen-bond donors (Lipinski definition) is 0. The van der Waals surface area contributed by atoms with Gasteiger partial charge in [-0.3, -0.25) is 4.79 Å². The van der Waals surface area contributed by atoms with Crippen LogP contribution in [-0.2, 0) is 11.2 Å². The standard InChI is InChI=1S/C15H17F3N2O2/c1-22-11-2-3-12-10(8-11)4-7-20(12)13-5-6-19(14(13)21)9-15(16,17)18/h2-3,8,13H,4-7,9H2,1H3/t13-/m1/s1. The van der Waals surface area contributed by atoms with Gasteiger partial charge in [-0.2, -0.15) is 13.2 Å². The van der Waals surface area contributed by atoms with Crippen molar-refractivity contribution >= 4 is 11.6 Å². The molecular weight excluding hydrogens is 297 g/mol. The molecule has 0 N–H and O–H groups in total. The molecule has 120 valence electrons. The number of nitrogens with zero attached hydrogens (tertiary/aromatic N) is 2. The van der Waals surface area contributed by atoms with E-state index in [-0.39, 0.29) is 6.54 Å². The van der Waals surface area contributed by atoms with Gasteiger partial charge in [-0.1, -0.05) is 0 Å². The van der Waals surface area contributed by atoms with E-state index in [0.717, 1.165) is 28.3 Å². The first-order valence-electron chi connectivity index (χ1n) is 7.18. The molecule has 2 heterocycles. The summed E-state index contributed by atoms with van der Waals surface area (Å²) in [6.07, 6.45) is -3.14. The van der Waals surface area contributed by atoms with Crippen LogP contribution in [0, 0.1) is 0 Å². The first-order valence-corrected chi connectivity index (χ1v) is 7.18. The van der Waals surface area contributed by atoms with Crippen molar-refractivity contribution in [3.63, 3.8) is 0 Å². The smallest absolute Gasteiger partial charge is 0.406 e. The largest absolute Gasteiger partial charge is 0.497 e. The first-order chi connectivity index (χ1) is 10.4. The monoisotopic (exact) mass is 314 g/mol. The highest BCUT2D eigenvalue weighted by Gasteiger charge is 2.42. The Kier molecular flexibility index (Phi) is 3.66. The number of ether oxygens (including phenoxy) is 1. The lowest BCUT2D eigenvalue weighted by Gasteiger charge is -2.26. The molecule has 1 aromatic rings. The van der Waals surface area contributed by atoms with Crippen LogP contribution in [0.15, 0.2) is 18.2 Å². The predicted molar refractivity (Wildman–Crippen MR) is 75.1 cm³/mol. The Morgan fingerprint density at radius 1 is 1.32 bits per heavy atom. The van der Waals surface area contributed by atoms with Crippen molar-refractivity contribution in [2.45, 2.75) is 25.1 Å². The molecular formula is C15H17F3N2O2. The normalized spacial score (nSPS) is 21.5. The molecule has 0 bridgehead atoms. The lowest BCUT2D eigenvalue weighted by molar-refractivity contribution is -0.157. The second-order valence-corrected chi connectivity index (χ2v) is 5.62. The maximum Gasteiger partial charge on any atom is 0.406 e. The van der Waals surface area contributed by atoms with Gasteiger partial charge in [-0.05, 0) is 36.6 Å². The number of methoxy groups -OCH3 is 1. The van der Waals surface area contributed by atoms with E-state index in [4.69, 9.17) is 4.74 Å². The Labute approximate surface area is 126 Å². The molecule has 0 aromatic heterocycles. The molecule has 22 heavy (non-hydrogen) atoms. The summed E-state index contributed by atoms with van der Waals surface area (Å²) in [5.41, 5.74) is 1.99. The number of anilines is 1. The van der Waals surface area contributed by atoms with Crippen molar-refractivity contribution in [3.8, 4) is 5.75 Å². The summed E-state index contributed by atoms with van der Waals surface area (Å²) in [5, 5.41) is 0. The van der Waals surface area contributed by atoms with E-state index in [1.807, 2.05) is 23.1 Å². The summed E-state index contributed by atoms with van der Waals surface area (Å²) in [6, 6.07) is 5.12. The molecule has 0 spiro atoms. The molecule has 0 unspecified atom stereocenters. The molecule has 1 aromatic carbocycles. The van der Waals surface area contributed by atoms with Crippen molar-refractivity contribution < 1.29 is 22.7 Å². The molecule has 0 radical (unpaired) electrons. The minimum atomic E-state index is -4.35. The summed E-state index contributed by atoms with van der Waals surface area (Å²) >= 11 is 0. The molecule has 3 rings (SSSR count). The quantitative estimate of drug-likeness (QED) is 0.858. The Morgan fingerprint density at radius 2 is 2.09 bits per heavy atom. The van der Waals surface area contributed by atoms with Gasteiger partial charge >= 0.3 is 6.18 Å². The zero-order valence-electron chi connectivity index (χ0n) is 12.2. The van der Waals surface area contributed by atoms with Gasteiger partial charge < -0.3 is 14.5 Å². The fourth-order valence-electron chi connectivity index (χ4n) is 3.24. The van der Waals surface area contributed by atoms with Crippen LogP contribution in [0.1, 0.15) is 12.0 Å². The molecule has 1 saturated heterocycles. The molecule has 2 aliphatic rings. The van der Waals surface area contributed by atoms with Gasteiger partial charge in [0.15, 0.2) is 0 Å². The lowest BCUT2D eigenvalue weighted by Crippen LogP contribution is -2.43. The maximum atomic E-state index is 12.5. The lowest BCUT2D eigenvalue weighted by atomic mass is 10.1. The summed E-state index contributed by atoms with van der Waals surface area (Å²) in [6.45, 7) is -0.352. The first kappa shape index (κ1) is 15.0. The van der Waals surface area contributed by atoms with Crippen LogP contribution in [-0.4, -0.2) is 49.8 Å². The van der Waals surface area contributed by atoms with E-state index in [0.29, 0.717) is 13.0 Å². The minimum absolute atomic E-state index is 0.158. The van der Waals surface area contributed by atoms with Crippen LogP contribution in [0.25, 0.3) is 0 Å². The van der Waals surface area contributed by atoms with Crippen molar-refractivity contribution in [1.82, 2.24) is 4.90 Å². The Bertz CT molecular complexity index is 589. The van der Waals surface area contributed by atoms with E-state index < -0.39 is 24.7 Å². The third-order valence-electron chi connectivity index (χ3n) is 4.23. The van der Waals surface area contributed by atoms with E-state index in [1.165, 1.54) is 0 Å². The van der Waals surface area contributed by atoms with Crippen molar-refractivity contribution in [3.05, 3.63) is 23.8 Å². The number of amides is 1. The van der Waals surface area contributed by atoms with Crippen LogP contribution in [0.3, 0.4) is 0 Å². The Balaban J connectivity index is 1.76. The van der Waals surface area contributed by atoms with Crippen molar-refractivity contribution in [2.24, 2.45) is 0 Å². The zero-order chi connectivity index (χ0) is 15.9. The van der Waals surface area contributed by atoms with Gasteiger partial charge in [0, 0.05) is 18.8 Å². The molecule has 7 heteroatoms. The number of likely N-dealkylation sites (tertiary alicyclic amines) is 1. The number of benzene rings is 1. The number of carbonyl (C=O) groups excluding carboxylic acids is 1. The molecule has 4 nitrogen and oxygen atoms in total. The van der Waals surface area contributed by atoms with Gasteiger partial charge in [0.25, 0.3) is 0 Å². The van der Waals surface area contributed by atoms with Gasteiger partial charge in [-0.15, -0.1) is 0 Å². The highest BCUT2D eigenvalue weighted by Crippen LogP contribution is 2.35. The highest BCUT2D eigenvalue weighted by atomic mass is 19.4. The number of fused-ring (bicyclic) bond motifs is 1. The van der Waals surface area contributed by atoms with Gasteiger partial charge in [-0.25, -0.2) is 0 Å². The molecule has 1 amide bonds. The summed E-state index contributed by atoms with van der Waals surface area (Å²) in [7, 11) is 1.59. The average molecular weight is 314 g/mol. The Morgan fingerprint density at radius 3 is 2.77 bits per heavy atom. The topological polar surface area (TPSA) is 32.8 Å². The predicted octanol–water partition coefficient (Wildman–Crippen LogP) is 2.22. The van der Waals surface area contributed by atoms with Gasteiger partial charge in [0.1, 0.15) is 18.3 Å². The number of alkyl halides is 3. The second-order valence-electron chi connectivity index (χ2n) is 5.62. The van der Waals surface area contributed by atoms with E-state index in [9.17, 15) is 18.0 Å². The average Bonchev–Trinajstić information content (AvgIpc) is 3.01. The molecule has 1 fully saturated rings. The maximum absolute atomic E-state index is 12.5. The van der Waals surface area contributed by atoms with E-state index in [1.54, 1.807) is 7.11 Å². The summed E-state index contributed by atoms with van der Waals surface area (Å²) in [5.74, 6) is 0.318.